The first-order valence-corrected chi connectivity index (χ1v) is 6.58. The largest absolute Gasteiger partial charge is 0.377 e. The van der Waals surface area contributed by atoms with Gasteiger partial charge in [0.1, 0.15) is 0 Å². The van der Waals surface area contributed by atoms with E-state index in [1.165, 1.54) is 10.5 Å². The molecule has 0 N–H and O–H groups in total. The zero-order valence-electron chi connectivity index (χ0n) is 9.60. The SMILES string of the molecule is CN1C=CC(CCSc2ccccc2)=CC1. The standard InChI is InChI=1S/C14H17NS/c1-15-10-7-13(8-11-15)9-12-16-14-5-3-2-4-6-14/h2-8,10H,9,11-12H2,1H3. The lowest BCUT2D eigenvalue weighted by Crippen LogP contribution is -2.13. The Balaban J connectivity index is 1.75. The van der Waals surface area contributed by atoms with Gasteiger partial charge in [0.25, 0.3) is 0 Å². The molecule has 0 amide bonds. The van der Waals surface area contributed by atoms with Crippen molar-refractivity contribution in [3.63, 3.8) is 0 Å². The Kier molecular flexibility index (Phi) is 4.11. The maximum atomic E-state index is 2.31. The minimum Gasteiger partial charge on any atom is -0.377 e. The first-order valence-electron chi connectivity index (χ1n) is 5.60. The van der Waals surface area contributed by atoms with Crippen molar-refractivity contribution in [3.8, 4) is 0 Å². The summed E-state index contributed by atoms with van der Waals surface area (Å²) in [5, 5.41) is 0. The second-order valence-electron chi connectivity index (χ2n) is 3.95. The van der Waals surface area contributed by atoms with Crippen LogP contribution in [-0.4, -0.2) is 24.2 Å². The minimum atomic E-state index is 1.04. The third kappa shape index (κ3) is 3.46. The lowest BCUT2D eigenvalue weighted by atomic mass is 10.1. The van der Waals surface area contributed by atoms with E-state index in [1.807, 2.05) is 11.8 Å². The first-order chi connectivity index (χ1) is 7.84. The molecule has 1 nitrogen and oxygen atoms in total. The molecular formula is C14H17NS. The summed E-state index contributed by atoms with van der Waals surface area (Å²) in [6.07, 6.45) is 7.84. The van der Waals surface area contributed by atoms with Crippen LogP contribution >= 0.6 is 11.8 Å². The summed E-state index contributed by atoms with van der Waals surface area (Å²) in [7, 11) is 2.10. The first kappa shape index (κ1) is 11.3. The molecule has 0 bridgehead atoms. The fraction of sp³-hybridized carbons (Fsp3) is 0.286. The number of nitrogens with zero attached hydrogens (tertiary/aromatic N) is 1. The van der Waals surface area contributed by atoms with E-state index in [1.54, 1.807) is 0 Å². The average molecular weight is 231 g/mol. The highest BCUT2D eigenvalue weighted by Gasteiger charge is 2.00. The van der Waals surface area contributed by atoms with Gasteiger partial charge in [-0.3, -0.25) is 0 Å². The molecule has 2 heteroatoms. The Bertz CT molecular complexity index is 381. The van der Waals surface area contributed by atoms with Crippen molar-refractivity contribution in [1.29, 1.82) is 0 Å². The van der Waals surface area contributed by atoms with Crippen LogP contribution in [0.5, 0.6) is 0 Å². The summed E-state index contributed by atoms with van der Waals surface area (Å²) < 4.78 is 0. The van der Waals surface area contributed by atoms with Crippen molar-refractivity contribution in [2.24, 2.45) is 0 Å². The van der Waals surface area contributed by atoms with Gasteiger partial charge in [-0.05, 0) is 36.4 Å². The van der Waals surface area contributed by atoms with Crippen LogP contribution in [0, 0.1) is 0 Å². The summed E-state index contributed by atoms with van der Waals surface area (Å²) in [5.74, 6) is 1.16. The smallest absolute Gasteiger partial charge is 0.0356 e. The molecule has 0 saturated carbocycles. The van der Waals surface area contributed by atoms with E-state index in [9.17, 15) is 0 Å². The van der Waals surface area contributed by atoms with Crippen molar-refractivity contribution in [3.05, 3.63) is 54.3 Å². The van der Waals surface area contributed by atoms with Gasteiger partial charge in [-0.2, -0.15) is 0 Å². The lowest BCUT2D eigenvalue weighted by Gasteiger charge is -2.16. The molecule has 0 spiro atoms. The zero-order chi connectivity index (χ0) is 11.2. The second kappa shape index (κ2) is 5.80. The molecule has 1 aliphatic rings. The Labute approximate surface area is 102 Å². The molecule has 0 aromatic heterocycles. The van der Waals surface area contributed by atoms with Gasteiger partial charge >= 0.3 is 0 Å². The quantitative estimate of drug-likeness (QED) is 0.729. The Hall–Kier alpha value is -1.15. The van der Waals surface area contributed by atoms with E-state index in [2.05, 4.69) is 60.6 Å². The van der Waals surface area contributed by atoms with Crippen molar-refractivity contribution in [2.45, 2.75) is 11.3 Å². The molecule has 1 aliphatic heterocycles. The van der Waals surface area contributed by atoms with Crippen LogP contribution in [0.2, 0.25) is 0 Å². The number of likely N-dealkylation sites (N-methyl/N-ethyl adjacent to an activating group) is 1. The molecule has 0 aliphatic carbocycles. The third-order valence-corrected chi connectivity index (χ3v) is 3.60. The molecule has 1 aromatic carbocycles. The average Bonchev–Trinajstić information content (AvgIpc) is 2.33. The van der Waals surface area contributed by atoms with Crippen LogP contribution in [0.25, 0.3) is 0 Å². The van der Waals surface area contributed by atoms with E-state index in [4.69, 9.17) is 0 Å². The minimum absolute atomic E-state index is 1.04. The molecule has 0 fully saturated rings. The highest BCUT2D eigenvalue weighted by Crippen LogP contribution is 2.20. The van der Waals surface area contributed by atoms with Gasteiger partial charge in [-0.1, -0.05) is 24.3 Å². The van der Waals surface area contributed by atoms with Gasteiger partial charge in [0.2, 0.25) is 0 Å². The highest BCUT2D eigenvalue weighted by atomic mass is 32.2. The van der Waals surface area contributed by atoms with Gasteiger partial charge in [0, 0.05) is 24.2 Å². The number of benzene rings is 1. The topological polar surface area (TPSA) is 3.24 Å². The summed E-state index contributed by atoms with van der Waals surface area (Å²) in [4.78, 5) is 3.55. The van der Waals surface area contributed by atoms with E-state index in [-0.39, 0.29) is 0 Å². The van der Waals surface area contributed by atoms with E-state index >= 15 is 0 Å². The summed E-state index contributed by atoms with van der Waals surface area (Å²) in [6.45, 7) is 1.04. The fourth-order valence-electron chi connectivity index (χ4n) is 1.60. The van der Waals surface area contributed by atoms with E-state index in [0.717, 1.165) is 18.7 Å². The van der Waals surface area contributed by atoms with Crippen molar-refractivity contribution in [2.75, 3.05) is 19.3 Å². The summed E-state index contributed by atoms with van der Waals surface area (Å²) in [6, 6.07) is 10.6. The van der Waals surface area contributed by atoms with Gasteiger partial charge < -0.3 is 4.90 Å². The number of thioether (sulfide) groups is 1. The third-order valence-electron chi connectivity index (χ3n) is 2.59. The molecule has 84 valence electrons. The monoisotopic (exact) mass is 231 g/mol. The summed E-state index contributed by atoms with van der Waals surface area (Å²) in [5.41, 5.74) is 1.46. The van der Waals surface area contributed by atoms with Crippen LogP contribution in [-0.2, 0) is 0 Å². The Morgan fingerprint density at radius 1 is 1.25 bits per heavy atom. The maximum absolute atomic E-state index is 2.31. The van der Waals surface area contributed by atoms with Crippen LogP contribution in [0.3, 0.4) is 0 Å². The van der Waals surface area contributed by atoms with Crippen LogP contribution in [0.4, 0.5) is 0 Å². The van der Waals surface area contributed by atoms with Crippen molar-refractivity contribution < 1.29 is 0 Å². The zero-order valence-corrected chi connectivity index (χ0v) is 10.4. The van der Waals surface area contributed by atoms with Crippen LogP contribution in [0.1, 0.15) is 6.42 Å². The molecular weight excluding hydrogens is 214 g/mol. The lowest BCUT2D eigenvalue weighted by molar-refractivity contribution is 0.501. The van der Waals surface area contributed by atoms with Gasteiger partial charge in [-0.25, -0.2) is 0 Å². The number of rotatable bonds is 4. The predicted octanol–water partition coefficient (Wildman–Crippen LogP) is 3.55. The molecule has 2 rings (SSSR count). The van der Waals surface area contributed by atoms with Gasteiger partial charge in [-0.15, -0.1) is 11.8 Å². The molecule has 0 unspecified atom stereocenters. The van der Waals surface area contributed by atoms with Gasteiger partial charge in [0.05, 0.1) is 0 Å². The molecule has 0 saturated heterocycles. The van der Waals surface area contributed by atoms with Crippen LogP contribution < -0.4 is 0 Å². The molecule has 0 radical (unpaired) electrons. The van der Waals surface area contributed by atoms with E-state index in [0.29, 0.717) is 0 Å². The summed E-state index contributed by atoms with van der Waals surface area (Å²) >= 11 is 1.93. The molecule has 0 atom stereocenters. The molecule has 1 heterocycles. The van der Waals surface area contributed by atoms with Crippen molar-refractivity contribution >= 4 is 11.8 Å². The molecule has 16 heavy (non-hydrogen) atoms. The second-order valence-corrected chi connectivity index (χ2v) is 5.11. The van der Waals surface area contributed by atoms with Crippen molar-refractivity contribution in [1.82, 2.24) is 4.90 Å². The predicted molar refractivity (Wildman–Crippen MR) is 71.6 cm³/mol. The van der Waals surface area contributed by atoms with Crippen LogP contribution in [0.15, 0.2) is 59.2 Å². The number of allylic oxidation sites excluding steroid dienone is 2. The molecule has 1 aromatic rings. The maximum Gasteiger partial charge on any atom is 0.0356 e. The Morgan fingerprint density at radius 2 is 2.06 bits per heavy atom. The van der Waals surface area contributed by atoms with E-state index < -0.39 is 0 Å². The number of hydrogen-bond donors (Lipinski definition) is 0. The Morgan fingerprint density at radius 3 is 2.75 bits per heavy atom. The number of hydrogen-bond acceptors (Lipinski definition) is 2. The van der Waals surface area contributed by atoms with Gasteiger partial charge in [0.15, 0.2) is 0 Å². The highest BCUT2D eigenvalue weighted by molar-refractivity contribution is 7.99. The normalized spacial score (nSPS) is 15.1. The fourth-order valence-corrected chi connectivity index (χ4v) is 2.53.